The Kier molecular flexibility index (Phi) is 3.52. The molecule has 102 valence electrons. The van der Waals surface area contributed by atoms with Crippen LogP contribution in [0.1, 0.15) is 12.7 Å². The minimum atomic E-state index is -3.85. The van der Waals surface area contributed by atoms with Crippen LogP contribution in [0.15, 0.2) is 29.4 Å². The molecule has 0 fully saturated rings. The highest BCUT2D eigenvalue weighted by atomic mass is 32.2. The molecule has 2 rings (SSSR count). The third-order valence-electron chi connectivity index (χ3n) is 2.52. The zero-order valence-corrected chi connectivity index (χ0v) is 11.3. The monoisotopic (exact) mass is 284 g/mol. The van der Waals surface area contributed by atoms with E-state index >= 15 is 0 Å². The van der Waals surface area contributed by atoms with Gasteiger partial charge in [0.15, 0.2) is 5.03 Å². The topological polar surface area (TPSA) is 76.9 Å². The lowest BCUT2D eigenvalue weighted by Gasteiger charge is -2.04. The average Bonchev–Trinajstić information content (AvgIpc) is 2.71. The van der Waals surface area contributed by atoms with Crippen molar-refractivity contribution in [3.63, 3.8) is 0 Å². The molecule has 0 saturated carbocycles. The van der Waals surface area contributed by atoms with Crippen LogP contribution >= 0.6 is 0 Å². The van der Waals surface area contributed by atoms with E-state index < -0.39 is 16.0 Å². The summed E-state index contributed by atoms with van der Waals surface area (Å²) in [6, 6.07) is 3.87. The smallest absolute Gasteiger partial charge is 0.282 e. The first-order valence-corrected chi connectivity index (χ1v) is 7.10. The van der Waals surface area contributed by atoms with Crippen LogP contribution in [0.2, 0.25) is 0 Å². The standard InChI is InChI=1S/C11H13FN4O2S/c1-3-16-7-11(13-8(16)2)19(17,18)15-10-6-4-5-9(12)14-10/h4-7H,3H2,1-2H3,(H,14,15). The first kappa shape index (κ1) is 13.5. The molecule has 8 heteroatoms. The Morgan fingerprint density at radius 3 is 2.68 bits per heavy atom. The number of imidazole rings is 1. The molecule has 0 amide bonds. The number of rotatable bonds is 4. The molecule has 0 bridgehead atoms. The molecular weight excluding hydrogens is 271 g/mol. The predicted molar refractivity (Wildman–Crippen MR) is 67.6 cm³/mol. The van der Waals surface area contributed by atoms with E-state index in [1.54, 1.807) is 11.5 Å². The fourth-order valence-electron chi connectivity index (χ4n) is 1.58. The van der Waals surface area contributed by atoms with Gasteiger partial charge in [0.1, 0.15) is 11.6 Å². The first-order chi connectivity index (χ1) is 8.92. The second-order valence-electron chi connectivity index (χ2n) is 3.86. The Hall–Kier alpha value is -1.96. The average molecular weight is 284 g/mol. The van der Waals surface area contributed by atoms with E-state index in [4.69, 9.17) is 0 Å². The third-order valence-corrected chi connectivity index (χ3v) is 3.75. The van der Waals surface area contributed by atoms with Gasteiger partial charge in [-0.1, -0.05) is 6.07 Å². The molecular formula is C11H13FN4O2S. The summed E-state index contributed by atoms with van der Waals surface area (Å²) in [5.41, 5.74) is 0. The van der Waals surface area contributed by atoms with Gasteiger partial charge in [-0.2, -0.15) is 12.8 Å². The molecule has 0 radical (unpaired) electrons. The summed E-state index contributed by atoms with van der Waals surface area (Å²) in [5, 5.41) is -0.113. The highest BCUT2D eigenvalue weighted by Crippen LogP contribution is 2.14. The van der Waals surface area contributed by atoms with Crippen molar-refractivity contribution in [2.24, 2.45) is 0 Å². The SMILES string of the molecule is CCn1cc(S(=O)(=O)Nc2cccc(F)n2)nc1C. The fraction of sp³-hybridized carbons (Fsp3) is 0.273. The van der Waals surface area contributed by atoms with E-state index in [1.807, 2.05) is 6.92 Å². The molecule has 19 heavy (non-hydrogen) atoms. The summed E-state index contributed by atoms with van der Waals surface area (Å²) in [4.78, 5) is 7.40. The van der Waals surface area contributed by atoms with Crippen LogP contribution in [0.4, 0.5) is 10.2 Å². The molecule has 2 heterocycles. The molecule has 0 unspecified atom stereocenters. The zero-order chi connectivity index (χ0) is 14.0. The molecule has 0 aromatic carbocycles. The molecule has 0 spiro atoms. The van der Waals surface area contributed by atoms with Gasteiger partial charge in [-0.3, -0.25) is 4.72 Å². The number of nitrogens with zero attached hydrogens (tertiary/aromatic N) is 3. The minimum absolute atomic E-state index is 0.0799. The third kappa shape index (κ3) is 2.90. The second kappa shape index (κ2) is 4.96. The summed E-state index contributed by atoms with van der Waals surface area (Å²) in [6.07, 6.45) is 1.43. The normalized spacial score (nSPS) is 11.5. The van der Waals surface area contributed by atoms with Gasteiger partial charge < -0.3 is 4.57 Å². The van der Waals surface area contributed by atoms with Crippen LogP contribution in [-0.4, -0.2) is 23.0 Å². The van der Waals surface area contributed by atoms with Crippen molar-refractivity contribution in [2.45, 2.75) is 25.4 Å². The van der Waals surface area contributed by atoms with Gasteiger partial charge in [-0.15, -0.1) is 0 Å². The van der Waals surface area contributed by atoms with E-state index in [2.05, 4.69) is 14.7 Å². The van der Waals surface area contributed by atoms with Crippen molar-refractivity contribution in [2.75, 3.05) is 4.72 Å². The van der Waals surface area contributed by atoms with E-state index in [1.165, 1.54) is 18.3 Å². The molecule has 0 aliphatic heterocycles. The second-order valence-corrected chi connectivity index (χ2v) is 5.49. The Morgan fingerprint density at radius 1 is 1.37 bits per heavy atom. The zero-order valence-electron chi connectivity index (χ0n) is 10.5. The number of hydrogen-bond donors (Lipinski definition) is 1. The largest absolute Gasteiger partial charge is 0.334 e. The van der Waals surface area contributed by atoms with Crippen molar-refractivity contribution in [1.82, 2.24) is 14.5 Å². The summed E-state index contributed by atoms with van der Waals surface area (Å²) in [7, 11) is -3.85. The van der Waals surface area contributed by atoms with Gasteiger partial charge in [0.2, 0.25) is 5.95 Å². The minimum Gasteiger partial charge on any atom is -0.334 e. The summed E-state index contributed by atoms with van der Waals surface area (Å²) in [5.74, 6) is -0.241. The molecule has 0 aliphatic carbocycles. The lowest BCUT2D eigenvalue weighted by molar-refractivity contribution is 0.584. The number of aromatic nitrogens is 3. The number of anilines is 1. The highest BCUT2D eigenvalue weighted by Gasteiger charge is 2.19. The molecule has 6 nitrogen and oxygen atoms in total. The van der Waals surface area contributed by atoms with Crippen LogP contribution in [-0.2, 0) is 16.6 Å². The maximum Gasteiger partial charge on any atom is 0.282 e. The number of pyridine rings is 1. The van der Waals surface area contributed by atoms with Crippen molar-refractivity contribution in [1.29, 1.82) is 0 Å². The van der Waals surface area contributed by atoms with Gasteiger partial charge >= 0.3 is 0 Å². The maximum atomic E-state index is 12.9. The molecule has 1 N–H and O–H groups in total. The number of halogens is 1. The molecule has 0 aliphatic rings. The molecule has 2 aromatic rings. The number of hydrogen-bond acceptors (Lipinski definition) is 4. The Balaban J connectivity index is 2.32. The molecule has 2 aromatic heterocycles. The summed E-state index contributed by atoms with van der Waals surface area (Å²) in [6.45, 7) is 4.21. The van der Waals surface area contributed by atoms with Crippen molar-refractivity contribution in [3.8, 4) is 0 Å². The molecule has 0 saturated heterocycles. The van der Waals surface area contributed by atoms with Crippen molar-refractivity contribution in [3.05, 3.63) is 36.2 Å². The van der Waals surface area contributed by atoms with Crippen LogP contribution in [0.3, 0.4) is 0 Å². The predicted octanol–water partition coefficient (Wildman–Crippen LogP) is 1.55. The fourth-order valence-corrected chi connectivity index (χ4v) is 2.60. The number of nitrogens with one attached hydrogen (secondary N) is 1. The van der Waals surface area contributed by atoms with E-state index in [0.29, 0.717) is 12.4 Å². The molecule has 0 atom stereocenters. The van der Waals surface area contributed by atoms with Crippen molar-refractivity contribution >= 4 is 15.8 Å². The van der Waals surface area contributed by atoms with Gasteiger partial charge in [0.05, 0.1) is 0 Å². The van der Waals surface area contributed by atoms with Gasteiger partial charge in [0.25, 0.3) is 10.0 Å². The van der Waals surface area contributed by atoms with Gasteiger partial charge in [-0.05, 0) is 26.0 Å². The lowest BCUT2D eigenvalue weighted by Crippen LogP contribution is -2.14. The number of sulfonamides is 1. The number of aryl methyl sites for hydroxylation is 2. The lowest BCUT2D eigenvalue weighted by atomic mass is 10.5. The van der Waals surface area contributed by atoms with Crippen LogP contribution in [0.5, 0.6) is 0 Å². The highest BCUT2D eigenvalue weighted by molar-refractivity contribution is 7.92. The quantitative estimate of drug-likeness (QED) is 0.864. The van der Waals surface area contributed by atoms with Gasteiger partial charge in [0, 0.05) is 12.7 Å². The van der Waals surface area contributed by atoms with Crippen molar-refractivity contribution < 1.29 is 12.8 Å². The summed E-state index contributed by atoms with van der Waals surface area (Å²) >= 11 is 0. The van der Waals surface area contributed by atoms with Gasteiger partial charge in [-0.25, -0.2) is 9.97 Å². The Morgan fingerprint density at radius 2 is 2.11 bits per heavy atom. The van der Waals surface area contributed by atoms with Crippen LogP contribution in [0, 0.1) is 12.9 Å². The summed E-state index contributed by atoms with van der Waals surface area (Å²) < 4.78 is 40.9. The van der Waals surface area contributed by atoms with E-state index in [-0.39, 0.29) is 10.8 Å². The van der Waals surface area contributed by atoms with E-state index in [9.17, 15) is 12.8 Å². The van der Waals surface area contributed by atoms with E-state index in [0.717, 1.165) is 6.07 Å². The Labute approximate surface area is 110 Å². The Bertz CT molecular complexity index is 696. The maximum absolute atomic E-state index is 12.9. The first-order valence-electron chi connectivity index (χ1n) is 5.61. The van der Waals surface area contributed by atoms with Crippen LogP contribution < -0.4 is 4.72 Å². The van der Waals surface area contributed by atoms with Crippen LogP contribution in [0.25, 0.3) is 0 Å².